The summed E-state index contributed by atoms with van der Waals surface area (Å²) in [4.78, 5) is 12.0. The molecule has 14 heavy (non-hydrogen) atoms. The fraction of sp³-hybridized carbons (Fsp3) is 0.417. The summed E-state index contributed by atoms with van der Waals surface area (Å²) in [6, 6.07) is 9.89. The van der Waals surface area contributed by atoms with Gasteiger partial charge in [0, 0.05) is 17.5 Å². The Hall–Kier alpha value is -1.15. The van der Waals surface area contributed by atoms with Crippen LogP contribution >= 0.6 is 0 Å². The highest BCUT2D eigenvalue weighted by molar-refractivity contribution is 5.98. The van der Waals surface area contributed by atoms with Gasteiger partial charge in [-0.1, -0.05) is 30.3 Å². The number of rotatable bonds is 2. The Morgan fingerprint density at radius 1 is 1.36 bits per heavy atom. The van der Waals surface area contributed by atoms with Gasteiger partial charge in [-0.2, -0.15) is 0 Å². The molecular formula is C12H15NO. The maximum atomic E-state index is 12.0. The van der Waals surface area contributed by atoms with Crippen molar-refractivity contribution < 1.29 is 4.79 Å². The summed E-state index contributed by atoms with van der Waals surface area (Å²) < 4.78 is 0. The lowest BCUT2D eigenvalue weighted by atomic mass is 9.92. The third kappa shape index (κ3) is 1.70. The van der Waals surface area contributed by atoms with E-state index in [2.05, 4.69) is 12.2 Å². The van der Waals surface area contributed by atoms with Gasteiger partial charge >= 0.3 is 0 Å². The first-order valence-electron chi connectivity index (χ1n) is 5.11. The van der Waals surface area contributed by atoms with E-state index in [-0.39, 0.29) is 11.7 Å². The van der Waals surface area contributed by atoms with E-state index in [1.165, 1.54) is 0 Å². The highest BCUT2D eigenvalue weighted by atomic mass is 16.1. The van der Waals surface area contributed by atoms with Crippen LogP contribution in [0, 0.1) is 5.92 Å². The predicted octanol–water partition coefficient (Wildman–Crippen LogP) is 1.87. The Kier molecular flexibility index (Phi) is 2.64. The summed E-state index contributed by atoms with van der Waals surface area (Å²) >= 11 is 0. The minimum atomic E-state index is 0.164. The van der Waals surface area contributed by atoms with Crippen molar-refractivity contribution in [1.82, 2.24) is 5.32 Å². The fourth-order valence-electron chi connectivity index (χ4n) is 2.03. The zero-order valence-corrected chi connectivity index (χ0v) is 8.36. The summed E-state index contributed by atoms with van der Waals surface area (Å²) in [5, 5.41) is 3.30. The van der Waals surface area contributed by atoms with E-state index in [0.29, 0.717) is 6.04 Å². The molecule has 2 atom stereocenters. The topological polar surface area (TPSA) is 29.1 Å². The van der Waals surface area contributed by atoms with Crippen LogP contribution in [0.4, 0.5) is 0 Å². The summed E-state index contributed by atoms with van der Waals surface area (Å²) in [6.07, 6.45) is 0.967. The Bertz CT molecular complexity index is 320. The molecule has 1 aliphatic heterocycles. The molecule has 1 saturated heterocycles. The van der Waals surface area contributed by atoms with Gasteiger partial charge in [0.15, 0.2) is 5.78 Å². The Morgan fingerprint density at radius 2 is 2.07 bits per heavy atom. The lowest BCUT2D eigenvalue weighted by Crippen LogP contribution is -2.28. The molecule has 1 N–H and O–H groups in total. The van der Waals surface area contributed by atoms with Crippen molar-refractivity contribution in [3.63, 3.8) is 0 Å². The van der Waals surface area contributed by atoms with Crippen LogP contribution in [-0.2, 0) is 0 Å². The quantitative estimate of drug-likeness (QED) is 0.719. The van der Waals surface area contributed by atoms with Crippen LogP contribution in [0.15, 0.2) is 30.3 Å². The second-order valence-corrected chi connectivity index (χ2v) is 3.87. The summed E-state index contributed by atoms with van der Waals surface area (Å²) in [7, 11) is 0. The summed E-state index contributed by atoms with van der Waals surface area (Å²) in [5.74, 6) is 0.445. The Morgan fingerprint density at radius 3 is 2.64 bits per heavy atom. The lowest BCUT2D eigenvalue weighted by Gasteiger charge is -2.13. The SMILES string of the molecule is CC1NCCC1C(=O)c1ccccc1. The molecule has 2 rings (SSSR count). The van der Waals surface area contributed by atoms with Gasteiger partial charge in [0.1, 0.15) is 0 Å². The Balaban J connectivity index is 2.16. The van der Waals surface area contributed by atoms with Crippen LogP contribution in [0.3, 0.4) is 0 Å². The van der Waals surface area contributed by atoms with E-state index in [4.69, 9.17) is 0 Å². The first-order valence-corrected chi connectivity index (χ1v) is 5.11. The van der Waals surface area contributed by atoms with Gasteiger partial charge in [-0.3, -0.25) is 4.79 Å². The molecule has 1 fully saturated rings. The standard InChI is InChI=1S/C12H15NO/c1-9-11(7-8-13-9)12(14)10-5-3-2-4-6-10/h2-6,9,11,13H,7-8H2,1H3. The molecule has 0 radical (unpaired) electrons. The van der Waals surface area contributed by atoms with Crippen molar-refractivity contribution in [3.8, 4) is 0 Å². The minimum absolute atomic E-state index is 0.164. The van der Waals surface area contributed by atoms with E-state index in [1.54, 1.807) is 0 Å². The van der Waals surface area contributed by atoms with Crippen LogP contribution in [0.25, 0.3) is 0 Å². The van der Waals surface area contributed by atoms with E-state index in [9.17, 15) is 4.79 Å². The van der Waals surface area contributed by atoms with Crippen molar-refractivity contribution in [2.24, 2.45) is 5.92 Å². The number of Topliss-reactive ketones (excluding diaryl/α,β-unsaturated/α-hetero) is 1. The monoisotopic (exact) mass is 189 g/mol. The maximum Gasteiger partial charge on any atom is 0.167 e. The van der Waals surface area contributed by atoms with Crippen molar-refractivity contribution in [2.75, 3.05) is 6.54 Å². The van der Waals surface area contributed by atoms with Gasteiger partial charge in [0.05, 0.1) is 0 Å². The molecule has 1 aromatic carbocycles. The molecule has 1 heterocycles. The number of carbonyl (C=O) groups excluding carboxylic acids is 1. The highest BCUT2D eigenvalue weighted by Crippen LogP contribution is 2.20. The normalized spacial score (nSPS) is 26.4. The third-order valence-electron chi connectivity index (χ3n) is 2.92. The van der Waals surface area contributed by atoms with E-state index in [0.717, 1.165) is 18.5 Å². The predicted molar refractivity (Wildman–Crippen MR) is 56.3 cm³/mol. The van der Waals surface area contributed by atoms with Crippen LogP contribution in [0.2, 0.25) is 0 Å². The van der Waals surface area contributed by atoms with Crippen LogP contribution < -0.4 is 5.32 Å². The molecule has 0 saturated carbocycles. The number of hydrogen-bond acceptors (Lipinski definition) is 2. The third-order valence-corrected chi connectivity index (χ3v) is 2.92. The zero-order chi connectivity index (χ0) is 9.97. The zero-order valence-electron chi connectivity index (χ0n) is 8.36. The van der Waals surface area contributed by atoms with Gasteiger partial charge in [0.25, 0.3) is 0 Å². The first kappa shape index (κ1) is 9.41. The van der Waals surface area contributed by atoms with E-state index < -0.39 is 0 Å². The average molecular weight is 189 g/mol. The molecule has 0 bridgehead atoms. The number of nitrogens with one attached hydrogen (secondary N) is 1. The second kappa shape index (κ2) is 3.93. The van der Waals surface area contributed by atoms with Crippen LogP contribution in [0.1, 0.15) is 23.7 Å². The summed E-state index contributed by atoms with van der Waals surface area (Å²) in [6.45, 7) is 3.04. The second-order valence-electron chi connectivity index (χ2n) is 3.87. The Labute approximate surface area is 84.3 Å². The largest absolute Gasteiger partial charge is 0.313 e. The molecule has 0 aromatic heterocycles. The van der Waals surface area contributed by atoms with Crippen molar-refractivity contribution in [1.29, 1.82) is 0 Å². The highest BCUT2D eigenvalue weighted by Gasteiger charge is 2.29. The van der Waals surface area contributed by atoms with E-state index >= 15 is 0 Å². The average Bonchev–Trinajstić information content (AvgIpc) is 2.65. The van der Waals surface area contributed by atoms with Crippen molar-refractivity contribution in [2.45, 2.75) is 19.4 Å². The maximum absolute atomic E-state index is 12.0. The molecule has 2 unspecified atom stereocenters. The number of hydrogen-bond donors (Lipinski definition) is 1. The lowest BCUT2D eigenvalue weighted by molar-refractivity contribution is 0.0914. The van der Waals surface area contributed by atoms with Gasteiger partial charge < -0.3 is 5.32 Å². The molecule has 0 amide bonds. The van der Waals surface area contributed by atoms with Gasteiger partial charge in [0.2, 0.25) is 0 Å². The van der Waals surface area contributed by atoms with E-state index in [1.807, 2.05) is 30.3 Å². The smallest absolute Gasteiger partial charge is 0.167 e. The number of benzene rings is 1. The number of carbonyl (C=O) groups is 1. The van der Waals surface area contributed by atoms with Crippen LogP contribution in [-0.4, -0.2) is 18.4 Å². The molecule has 74 valence electrons. The molecule has 2 heteroatoms. The molecule has 1 aromatic rings. The van der Waals surface area contributed by atoms with Crippen molar-refractivity contribution >= 4 is 5.78 Å². The summed E-state index contributed by atoms with van der Waals surface area (Å²) in [5.41, 5.74) is 0.841. The molecule has 2 nitrogen and oxygen atoms in total. The molecular weight excluding hydrogens is 174 g/mol. The molecule has 0 spiro atoms. The van der Waals surface area contributed by atoms with Gasteiger partial charge in [-0.05, 0) is 19.9 Å². The van der Waals surface area contributed by atoms with Crippen LogP contribution in [0.5, 0.6) is 0 Å². The van der Waals surface area contributed by atoms with Gasteiger partial charge in [-0.25, -0.2) is 0 Å². The fourth-order valence-corrected chi connectivity index (χ4v) is 2.03. The first-order chi connectivity index (χ1) is 6.79. The number of ketones is 1. The molecule has 0 aliphatic carbocycles. The molecule has 1 aliphatic rings. The minimum Gasteiger partial charge on any atom is -0.313 e. The van der Waals surface area contributed by atoms with Gasteiger partial charge in [-0.15, -0.1) is 0 Å². The van der Waals surface area contributed by atoms with Crippen molar-refractivity contribution in [3.05, 3.63) is 35.9 Å².